The smallest absolute Gasteiger partial charge is 0.269 e. The molecule has 38 heavy (non-hydrogen) atoms. The maximum atomic E-state index is 14.5. The summed E-state index contributed by atoms with van der Waals surface area (Å²) in [6.07, 6.45) is -0.0978. The lowest BCUT2D eigenvalue weighted by atomic mass is 10.0. The molecule has 3 aromatic carbocycles. The second-order valence-corrected chi connectivity index (χ2v) is 8.59. The predicted molar refractivity (Wildman–Crippen MR) is 137 cm³/mol. The zero-order valence-corrected chi connectivity index (χ0v) is 20.5. The van der Waals surface area contributed by atoms with E-state index in [1.807, 2.05) is 42.5 Å². The zero-order chi connectivity index (χ0) is 26.8. The van der Waals surface area contributed by atoms with Gasteiger partial charge in [0.05, 0.1) is 17.6 Å². The maximum Gasteiger partial charge on any atom is 0.269 e. The van der Waals surface area contributed by atoms with Crippen molar-refractivity contribution in [1.29, 1.82) is 0 Å². The number of benzene rings is 3. The summed E-state index contributed by atoms with van der Waals surface area (Å²) in [4.78, 5) is 31.1. The van der Waals surface area contributed by atoms with Crippen LogP contribution in [0.5, 0.6) is 11.6 Å². The van der Waals surface area contributed by atoms with Gasteiger partial charge in [0.2, 0.25) is 17.8 Å². The summed E-state index contributed by atoms with van der Waals surface area (Å²) in [7, 11) is 0. The molecule has 1 aromatic heterocycles. The molecule has 0 bridgehead atoms. The number of hydrogen-bond donors (Lipinski definition) is 2. The molecule has 1 atom stereocenters. The molecular weight excluding hydrogens is 492 g/mol. The summed E-state index contributed by atoms with van der Waals surface area (Å²) < 4.78 is 35.8. The number of benzodiazepines with no additional fused rings is 1. The predicted octanol–water partition coefficient (Wildman–Crippen LogP) is 4.83. The number of aromatic nitrogens is 2. The Hall–Kier alpha value is -4.86. The number of ether oxygens (including phenoxy) is 1. The summed E-state index contributed by atoms with van der Waals surface area (Å²) >= 11 is 0. The molecule has 1 aliphatic rings. The van der Waals surface area contributed by atoms with Crippen molar-refractivity contribution in [3.8, 4) is 11.6 Å². The molecular formula is C28H23F2N5O3. The lowest BCUT2D eigenvalue weighted by Crippen LogP contribution is -2.42. The third-order valence-electron chi connectivity index (χ3n) is 5.94. The zero-order valence-electron chi connectivity index (χ0n) is 20.5. The number of anilines is 1. The van der Waals surface area contributed by atoms with E-state index in [9.17, 15) is 18.4 Å². The Balaban J connectivity index is 1.50. The molecule has 4 aromatic rings. The van der Waals surface area contributed by atoms with Crippen molar-refractivity contribution in [2.45, 2.75) is 26.6 Å². The Kier molecular flexibility index (Phi) is 6.69. The highest BCUT2D eigenvalue weighted by molar-refractivity contribution is 6.20. The summed E-state index contributed by atoms with van der Waals surface area (Å²) in [5.74, 6) is -3.98. The monoisotopic (exact) mass is 515 g/mol. The van der Waals surface area contributed by atoms with Crippen LogP contribution in [0.1, 0.15) is 34.0 Å². The third-order valence-corrected chi connectivity index (χ3v) is 5.94. The lowest BCUT2D eigenvalue weighted by Gasteiger charge is -2.15. The van der Waals surface area contributed by atoms with Gasteiger partial charge >= 0.3 is 0 Å². The van der Waals surface area contributed by atoms with Crippen LogP contribution in [0.4, 0.5) is 14.5 Å². The number of carbonyl (C=O) groups excluding carboxylic acids is 2. The highest BCUT2D eigenvalue weighted by atomic mass is 19.1. The van der Waals surface area contributed by atoms with Gasteiger partial charge in [-0.25, -0.2) is 18.5 Å². The number of fused-ring (bicyclic) bond motifs is 1. The second-order valence-electron chi connectivity index (χ2n) is 8.59. The van der Waals surface area contributed by atoms with Crippen LogP contribution in [0.3, 0.4) is 0 Å². The van der Waals surface area contributed by atoms with E-state index in [0.717, 1.165) is 17.7 Å². The van der Waals surface area contributed by atoms with Gasteiger partial charge in [-0.1, -0.05) is 48.5 Å². The first kappa shape index (κ1) is 24.8. The quantitative estimate of drug-likeness (QED) is 0.385. The average Bonchev–Trinajstić information content (AvgIpc) is 3.26. The van der Waals surface area contributed by atoms with Gasteiger partial charge in [-0.05, 0) is 37.6 Å². The highest BCUT2D eigenvalue weighted by Crippen LogP contribution is 2.31. The van der Waals surface area contributed by atoms with Crippen molar-refractivity contribution < 1.29 is 23.1 Å². The first-order valence-electron chi connectivity index (χ1n) is 11.9. The van der Waals surface area contributed by atoms with E-state index in [1.165, 1.54) is 10.9 Å². The van der Waals surface area contributed by atoms with Gasteiger partial charge in [0.15, 0.2) is 11.6 Å². The Morgan fingerprint density at radius 1 is 1.08 bits per heavy atom. The molecule has 2 amide bonds. The van der Waals surface area contributed by atoms with Crippen molar-refractivity contribution >= 4 is 23.2 Å². The molecule has 5 rings (SSSR count). The van der Waals surface area contributed by atoms with E-state index >= 15 is 0 Å². The molecule has 0 aliphatic carbocycles. The summed E-state index contributed by atoms with van der Waals surface area (Å²) in [5.41, 5.74) is 2.76. The number of amides is 2. The summed E-state index contributed by atoms with van der Waals surface area (Å²) in [6.45, 7) is 3.54. The van der Waals surface area contributed by atoms with Crippen LogP contribution in [0.25, 0.3) is 0 Å². The largest absolute Gasteiger partial charge is 0.432 e. The van der Waals surface area contributed by atoms with Crippen molar-refractivity contribution in [3.05, 3.63) is 107 Å². The number of para-hydroxylation sites is 1. The number of aliphatic imine (C=N–C) groups is 1. The van der Waals surface area contributed by atoms with Gasteiger partial charge < -0.3 is 15.4 Å². The minimum atomic E-state index is -1.31. The Labute approximate surface area is 217 Å². The highest BCUT2D eigenvalue weighted by Gasteiger charge is 2.30. The lowest BCUT2D eigenvalue weighted by molar-refractivity contribution is -0.117. The minimum absolute atomic E-state index is 0.114. The second kappa shape index (κ2) is 10.3. The average molecular weight is 516 g/mol. The number of nitrogens with zero attached hydrogens (tertiary/aromatic N) is 3. The van der Waals surface area contributed by atoms with E-state index < -0.39 is 35.4 Å². The molecule has 0 fully saturated rings. The van der Waals surface area contributed by atoms with Crippen LogP contribution in [-0.2, 0) is 11.3 Å². The van der Waals surface area contributed by atoms with Gasteiger partial charge in [0, 0.05) is 17.7 Å². The summed E-state index contributed by atoms with van der Waals surface area (Å²) in [6, 6.07) is 18.7. The van der Waals surface area contributed by atoms with Crippen LogP contribution in [0.2, 0.25) is 0 Å². The number of aryl methyl sites for hydroxylation is 2. The molecule has 8 nitrogen and oxygen atoms in total. The maximum absolute atomic E-state index is 14.5. The third kappa shape index (κ3) is 4.75. The molecule has 10 heteroatoms. The molecule has 0 saturated carbocycles. The first-order valence-corrected chi connectivity index (χ1v) is 11.9. The summed E-state index contributed by atoms with van der Waals surface area (Å²) in [5, 5.41) is 9.51. The molecule has 2 N–H and O–H groups in total. The van der Waals surface area contributed by atoms with Crippen molar-refractivity contribution in [2.24, 2.45) is 4.99 Å². The minimum Gasteiger partial charge on any atom is -0.432 e. The van der Waals surface area contributed by atoms with Gasteiger partial charge in [-0.3, -0.25) is 9.59 Å². The fourth-order valence-corrected chi connectivity index (χ4v) is 4.13. The number of rotatable bonds is 6. The van der Waals surface area contributed by atoms with Crippen molar-refractivity contribution in [2.75, 3.05) is 5.32 Å². The standard InChI is InChI=1S/C28H23F2N5O3/c1-3-35-28(38-24-20(29)13-16(2)14-21(24)30)19(15-31-35)26(36)34-25-27(37)32-22-12-8-7-11-18(22)23(33-25)17-9-5-4-6-10-17/h4-15,25H,3H2,1-2H3,(H,32,37)(H,34,36)/t25-/m1/s1. The van der Waals surface area contributed by atoms with E-state index in [1.54, 1.807) is 26.0 Å². The molecule has 0 saturated heterocycles. The SMILES string of the molecule is CCn1ncc(C(=O)N[C@H]2N=C(c3ccccc3)c3ccccc3NC2=O)c1Oc1c(F)cc(C)cc1F. The fraction of sp³-hybridized carbons (Fsp3) is 0.143. The van der Waals surface area contributed by atoms with Crippen LogP contribution >= 0.6 is 0 Å². The number of halogens is 2. The van der Waals surface area contributed by atoms with Gasteiger partial charge in [-0.15, -0.1) is 0 Å². The first-order chi connectivity index (χ1) is 18.4. The number of hydrogen-bond acceptors (Lipinski definition) is 5. The van der Waals surface area contributed by atoms with Gasteiger partial charge in [0.25, 0.3) is 11.8 Å². The van der Waals surface area contributed by atoms with Gasteiger partial charge in [0.1, 0.15) is 5.56 Å². The molecule has 0 unspecified atom stereocenters. The van der Waals surface area contributed by atoms with E-state index in [2.05, 4.69) is 20.7 Å². The normalized spacial score (nSPS) is 14.7. The Morgan fingerprint density at radius 3 is 2.47 bits per heavy atom. The van der Waals surface area contributed by atoms with Crippen LogP contribution < -0.4 is 15.4 Å². The Bertz CT molecular complexity index is 1540. The fourth-order valence-electron chi connectivity index (χ4n) is 4.13. The Morgan fingerprint density at radius 2 is 1.76 bits per heavy atom. The topological polar surface area (TPSA) is 97.6 Å². The van der Waals surface area contributed by atoms with Crippen molar-refractivity contribution in [1.82, 2.24) is 15.1 Å². The van der Waals surface area contributed by atoms with Crippen molar-refractivity contribution in [3.63, 3.8) is 0 Å². The van der Waals surface area contributed by atoms with E-state index in [0.29, 0.717) is 22.5 Å². The van der Waals surface area contributed by atoms with Crippen LogP contribution in [-0.4, -0.2) is 33.5 Å². The van der Waals surface area contributed by atoms with Crippen LogP contribution in [0.15, 0.2) is 77.9 Å². The van der Waals surface area contributed by atoms with E-state index in [-0.39, 0.29) is 18.0 Å². The molecule has 0 spiro atoms. The number of nitrogens with one attached hydrogen (secondary N) is 2. The van der Waals surface area contributed by atoms with Crippen LogP contribution in [0, 0.1) is 18.6 Å². The molecule has 2 heterocycles. The molecule has 192 valence electrons. The molecule has 1 aliphatic heterocycles. The van der Waals surface area contributed by atoms with Gasteiger partial charge in [-0.2, -0.15) is 5.10 Å². The van der Waals surface area contributed by atoms with E-state index in [4.69, 9.17) is 4.74 Å². The molecule has 0 radical (unpaired) electrons. The number of carbonyl (C=O) groups is 2.